The summed E-state index contributed by atoms with van der Waals surface area (Å²) in [5.74, 6) is -4.91. The predicted octanol–water partition coefficient (Wildman–Crippen LogP) is 5.38. The van der Waals surface area contributed by atoms with Gasteiger partial charge in [-0.1, -0.05) is 41.5 Å². The maximum Gasteiger partial charge on any atom is 0.320 e. The van der Waals surface area contributed by atoms with Crippen LogP contribution in [0.4, 0.5) is 5.82 Å². The van der Waals surface area contributed by atoms with E-state index in [0.29, 0.717) is 42.3 Å². The molecule has 0 spiro atoms. The molecule has 4 saturated heterocycles. The average molecular weight is 1050 g/mol. The molecule has 20 nitrogen and oxygen atoms in total. The number of carbonyl (C=O) groups excluding carboxylic acids is 4. The lowest BCUT2D eigenvalue weighted by molar-refractivity contribution is -0.320. The molecule has 19 atom stereocenters. The van der Waals surface area contributed by atoms with E-state index in [0.717, 1.165) is 0 Å². The number of nitrogens with two attached hydrogens (primary N) is 1. The van der Waals surface area contributed by atoms with Gasteiger partial charge in [-0.05, 0) is 73.8 Å². The first-order valence-electron chi connectivity index (χ1n) is 26.0. The SMILES string of the molecule is CC[C@H]1OC(=O)[C@H](C)[C@@H](O[C@H]2C[C@@](C)(OC)[C@@H](O)[C@H](C)O2)[C@H](C)[C@@H](O[C@@H]2O[C@H](C)C[C@H](N(C)CC(C)C)[C@H]2OC(C)=O)[C@](C)(OC)C[C@@H](C)C(=O)[C@H](C)[C@H]2C(SCCn3cnc4c(N)ncnc43)C(=O)O[C@@]21C. The lowest BCUT2D eigenvalue weighted by atomic mass is 9.70. The molecule has 6 rings (SSSR count). The minimum absolute atomic E-state index is 0.101. The standard InChI is InChI=1S/C52H84N6O14S/c1-17-35-52(13)37(42(48(63)72-52)73-19-18-58-25-56-38-45(53)54-24-55-46(38)58)29(6)39(60)27(4)21-51(12,65-16)44(71-49-41(68-33(10)59)34(20-28(5)66-49)57(14)23-26(2)3)30(7)40(31(8)47(62)69-35)70-36-22-50(11,64-15)43(61)32(9)67-36/h24-32,34-37,40-44,49,61H,17-23H2,1-16H3,(H2,53,54,55)/t27-,28-,29-,30+,31-,32+,34+,35-,36+,37+,40+,41-,42?,43+,44-,49+,50-,51-,52-/m1/s1. The van der Waals surface area contributed by atoms with Crippen molar-refractivity contribution in [2.45, 2.75) is 206 Å². The van der Waals surface area contributed by atoms with E-state index in [1.54, 1.807) is 41.1 Å². The highest BCUT2D eigenvalue weighted by molar-refractivity contribution is 8.00. The molecule has 4 aliphatic rings. The zero-order valence-electron chi connectivity index (χ0n) is 45.9. The number of nitrogen functional groups attached to an aromatic ring is 1. The minimum Gasteiger partial charge on any atom is -0.458 e. The van der Waals surface area contributed by atoms with Gasteiger partial charge in [-0.3, -0.25) is 24.1 Å². The fourth-order valence-electron chi connectivity index (χ4n) is 12.2. The molecule has 73 heavy (non-hydrogen) atoms. The number of aliphatic hydroxyl groups excluding tert-OH is 1. The summed E-state index contributed by atoms with van der Waals surface area (Å²) in [4.78, 5) is 72.7. The number of ketones is 1. The molecule has 2 aromatic heterocycles. The van der Waals surface area contributed by atoms with E-state index in [4.69, 9.17) is 48.4 Å². The number of aliphatic hydroxyl groups is 1. The van der Waals surface area contributed by atoms with Crippen LogP contribution in [0.3, 0.4) is 0 Å². The topological polar surface area (TPSA) is 244 Å². The summed E-state index contributed by atoms with van der Waals surface area (Å²) in [5.41, 5.74) is 3.25. The van der Waals surface area contributed by atoms with Gasteiger partial charge >= 0.3 is 17.9 Å². The van der Waals surface area contributed by atoms with Crippen molar-refractivity contribution in [3.8, 4) is 0 Å². The van der Waals surface area contributed by atoms with Crippen molar-refractivity contribution in [1.29, 1.82) is 0 Å². The molecule has 0 aliphatic carbocycles. The Labute approximate surface area is 435 Å². The smallest absolute Gasteiger partial charge is 0.320 e. The molecular weight excluding hydrogens is 965 g/mol. The summed E-state index contributed by atoms with van der Waals surface area (Å²) in [6.45, 7) is 24.9. The van der Waals surface area contributed by atoms with Crippen LogP contribution in [0, 0.1) is 35.5 Å². The molecule has 0 amide bonds. The van der Waals surface area contributed by atoms with Crippen molar-refractivity contribution >= 4 is 52.4 Å². The zero-order chi connectivity index (χ0) is 54.1. The average Bonchev–Trinajstić information content (AvgIpc) is 3.86. The summed E-state index contributed by atoms with van der Waals surface area (Å²) in [6, 6.07) is -0.297. The van der Waals surface area contributed by atoms with Gasteiger partial charge in [-0.25, -0.2) is 15.0 Å². The zero-order valence-corrected chi connectivity index (χ0v) is 46.7. The molecular formula is C52H84N6O14S. The van der Waals surface area contributed by atoms with E-state index in [-0.39, 0.29) is 43.0 Å². The second-order valence-electron chi connectivity index (χ2n) is 22.2. The molecule has 0 bridgehead atoms. The summed E-state index contributed by atoms with van der Waals surface area (Å²) in [5, 5.41) is 10.4. The van der Waals surface area contributed by atoms with Crippen molar-refractivity contribution in [1.82, 2.24) is 24.4 Å². The number of cyclic esters (lactones) is 1. The van der Waals surface area contributed by atoms with Crippen molar-refractivity contribution in [2.24, 2.45) is 35.5 Å². The molecule has 0 radical (unpaired) electrons. The van der Waals surface area contributed by atoms with E-state index in [9.17, 15) is 14.7 Å². The number of fused-ring (bicyclic) bond motifs is 2. The predicted molar refractivity (Wildman–Crippen MR) is 272 cm³/mol. The van der Waals surface area contributed by atoms with Crippen molar-refractivity contribution in [3.05, 3.63) is 12.7 Å². The van der Waals surface area contributed by atoms with Crippen LogP contribution in [0.1, 0.15) is 116 Å². The number of anilines is 1. The van der Waals surface area contributed by atoms with Gasteiger partial charge in [-0.15, -0.1) is 11.8 Å². The van der Waals surface area contributed by atoms with Gasteiger partial charge in [-0.2, -0.15) is 0 Å². The van der Waals surface area contributed by atoms with Gasteiger partial charge in [0.25, 0.3) is 0 Å². The molecule has 1 unspecified atom stereocenters. The Bertz CT molecular complexity index is 2240. The molecule has 412 valence electrons. The number of carbonyl (C=O) groups is 4. The first-order chi connectivity index (χ1) is 34.2. The molecule has 4 aliphatic heterocycles. The molecule has 0 saturated carbocycles. The summed E-state index contributed by atoms with van der Waals surface area (Å²) >= 11 is 1.36. The van der Waals surface area contributed by atoms with Gasteiger partial charge in [0.2, 0.25) is 0 Å². The lowest BCUT2D eigenvalue weighted by Crippen LogP contribution is -2.62. The van der Waals surface area contributed by atoms with Crippen molar-refractivity contribution < 1.29 is 66.9 Å². The molecule has 4 fully saturated rings. The maximum atomic E-state index is 15.3. The van der Waals surface area contributed by atoms with E-state index < -0.39 is 119 Å². The van der Waals surface area contributed by atoms with Gasteiger partial charge in [0, 0.05) is 70.1 Å². The van der Waals surface area contributed by atoms with Crippen LogP contribution in [0.25, 0.3) is 11.2 Å². The number of aryl methyl sites for hydroxylation is 1. The van der Waals surface area contributed by atoms with Crippen LogP contribution < -0.4 is 5.73 Å². The fraction of sp³-hybridized carbons (Fsp3) is 0.827. The summed E-state index contributed by atoms with van der Waals surface area (Å²) < 4.78 is 60.6. The lowest BCUT2D eigenvalue weighted by Gasteiger charge is -2.50. The van der Waals surface area contributed by atoms with E-state index in [2.05, 4.69) is 33.7 Å². The number of ether oxygens (including phenoxy) is 9. The number of nitrogens with zero attached hydrogens (tertiary/aromatic N) is 5. The van der Waals surface area contributed by atoms with Crippen LogP contribution in [0.5, 0.6) is 0 Å². The number of likely N-dealkylation sites (N-methyl/N-ethyl adjacent to an activating group) is 1. The third kappa shape index (κ3) is 12.4. The van der Waals surface area contributed by atoms with Crippen LogP contribution >= 0.6 is 11.8 Å². The number of Topliss-reactive ketones (excluding diaryl/α,β-unsaturated/α-hetero) is 1. The number of rotatable bonds is 15. The monoisotopic (exact) mass is 1050 g/mol. The fourth-order valence-corrected chi connectivity index (χ4v) is 13.6. The first-order valence-corrected chi connectivity index (χ1v) is 27.1. The van der Waals surface area contributed by atoms with Gasteiger partial charge in [0.15, 0.2) is 35.8 Å². The molecule has 21 heteroatoms. The second kappa shape index (κ2) is 23.8. The summed E-state index contributed by atoms with van der Waals surface area (Å²) in [6.07, 6.45) is -4.11. The van der Waals surface area contributed by atoms with E-state index >= 15 is 9.59 Å². The minimum atomic E-state index is -1.43. The van der Waals surface area contributed by atoms with Gasteiger partial charge in [0.1, 0.15) is 35.1 Å². The number of aromatic nitrogens is 4. The normalized spacial score (nSPS) is 40.1. The largest absolute Gasteiger partial charge is 0.458 e. The van der Waals surface area contributed by atoms with Gasteiger partial charge < -0.3 is 58.0 Å². The molecule has 3 N–H and O–H groups in total. The van der Waals surface area contributed by atoms with Crippen LogP contribution in [-0.2, 0) is 68.4 Å². The maximum absolute atomic E-state index is 15.3. The molecule has 0 aromatic carbocycles. The van der Waals surface area contributed by atoms with Crippen LogP contribution in [0.2, 0.25) is 0 Å². The number of thioether (sulfide) groups is 1. The number of imidazole rings is 1. The van der Waals surface area contributed by atoms with Crippen LogP contribution in [0.15, 0.2) is 12.7 Å². The highest BCUT2D eigenvalue weighted by atomic mass is 32.2. The Morgan fingerprint density at radius 3 is 2.27 bits per heavy atom. The number of esters is 3. The Hall–Kier alpha value is -3.54. The van der Waals surface area contributed by atoms with Gasteiger partial charge in [0.05, 0.1) is 53.9 Å². The Kier molecular flexibility index (Phi) is 19.1. The highest BCUT2D eigenvalue weighted by Crippen LogP contribution is 2.50. The Morgan fingerprint density at radius 2 is 1.64 bits per heavy atom. The van der Waals surface area contributed by atoms with Crippen molar-refractivity contribution in [2.75, 3.05) is 39.3 Å². The second-order valence-corrected chi connectivity index (χ2v) is 23.5. The summed E-state index contributed by atoms with van der Waals surface area (Å²) in [7, 11) is 5.06. The van der Waals surface area contributed by atoms with Crippen molar-refractivity contribution in [3.63, 3.8) is 0 Å². The third-order valence-electron chi connectivity index (χ3n) is 16.2. The van der Waals surface area contributed by atoms with Crippen LogP contribution in [-0.4, -0.2) is 170 Å². The Balaban J connectivity index is 1.45. The molecule has 2 aromatic rings. The van der Waals surface area contributed by atoms with E-state index in [1.165, 1.54) is 32.1 Å². The number of methoxy groups -OCH3 is 2. The third-order valence-corrected chi connectivity index (χ3v) is 17.4. The number of hydrogen-bond donors (Lipinski definition) is 2. The number of hydrogen-bond acceptors (Lipinski definition) is 20. The quantitative estimate of drug-likeness (QED) is 0.168. The molecule has 6 heterocycles. The van der Waals surface area contributed by atoms with E-state index in [1.807, 2.05) is 53.2 Å². The highest BCUT2D eigenvalue weighted by Gasteiger charge is 2.62. The first kappa shape index (κ1) is 58.7. The Morgan fingerprint density at radius 1 is 0.959 bits per heavy atom.